The van der Waals surface area contributed by atoms with Crippen LogP contribution in [0.2, 0.25) is 0 Å². The maximum Gasteiger partial charge on any atom is -0.0473 e. The van der Waals surface area contributed by atoms with Gasteiger partial charge in [-0.2, -0.15) is 0 Å². The van der Waals surface area contributed by atoms with Gasteiger partial charge in [0.1, 0.15) is 0 Å². The zero-order valence-electron chi connectivity index (χ0n) is 6.85. The summed E-state index contributed by atoms with van der Waals surface area (Å²) in [5.41, 5.74) is 0. The predicted octanol–water partition coefficient (Wildman–Crippen LogP) is 3.91. The van der Waals surface area contributed by atoms with Crippen LogP contribution in [0, 0.1) is 12.8 Å². The Bertz CT molecular complexity index is 32.5. The topological polar surface area (TPSA) is 0 Å². The van der Waals surface area contributed by atoms with Gasteiger partial charge >= 0.3 is 0 Å². The van der Waals surface area contributed by atoms with E-state index in [0.29, 0.717) is 0 Å². The number of rotatable bonds is 0. The lowest BCUT2D eigenvalue weighted by Gasteiger charge is -1.31. The van der Waals surface area contributed by atoms with Gasteiger partial charge in [0.2, 0.25) is 0 Å². The minimum Gasteiger partial charge on any atom is -0.124 e. The third-order valence-corrected chi connectivity index (χ3v) is 0. The van der Waals surface area contributed by atoms with Crippen molar-refractivity contribution in [1.29, 1.82) is 0 Å². The molecule has 10 heavy (non-hydrogen) atoms. The van der Waals surface area contributed by atoms with E-state index in [2.05, 4.69) is 32.6 Å². The summed E-state index contributed by atoms with van der Waals surface area (Å²) in [5.74, 6) is 0. The smallest absolute Gasteiger partial charge is 0.0473 e. The van der Waals surface area contributed by atoms with Gasteiger partial charge in [0.15, 0.2) is 0 Å². The van der Waals surface area contributed by atoms with Crippen molar-refractivity contribution in [2.45, 2.75) is 28.2 Å². The third-order valence-electron chi connectivity index (χ3n) is 0. The summed E-state index contributed by atoms with van der Waals surface area (Å²) >= 11 is 0. The van der Waals surface area contributed by atoms with Crippen LogP contribution in [0.4, 0.5) is 0 Å². The molecule has 0 bridgehead atoms. The molecule has 0 saturated heterocycles. The summed E-state index contributed by atoms with van der Waals surface area (Å²) in [6.45, 7) is 15.2. The third kappa shape index (κ3) is 279. The Morgan fingerprint density at radius 3 is 1.10 bits per heavy atom. The standard InChI is InChI=1S/C3H6.C2H6.C2H4.C2H2.CH4/c1-3-2;3*1-2;/h3H,1H2,2H3;1-2H3;1-2H2;1-2H;1H4. The molecular formula is C10H22. The van der Waals surface area contributed by atoms with Gasteiger partial charge in [-0.3, -0.25) is 0 Å². The molecule has 0 rings (SSSR count). The summed E-state index contributed by atoms with van der Waals surface area (Å²) < 4.78 is 0. The van der Waals surface area contributed by atoms with Crippen molar-refractivity contribution in [2.24, 2.45) is 0 Å². The Balaban J connectivity index is -0.0000000110. The molecule has 0 aromatic heterocycles. The molecule has 0 spiro atoms. The molecule has 0 fully saturated rings. The molecule has 0 atom stereocenters. The highest BCUT2D eigenvalue weighted by atomic mass is 13.2. The molecule has 0 unspecified atom stereocenters. The first-order chi connectivity index (χ1) is 4.41. The molecule has 0 aromatic rings. The average Bonchev–Trinajstić information content (AvgIpc) is 2.01. The lowest BCUT2D eigenvalue weighted by molar-refractivity contribution is 1.50. The van der Waals surface area contributed by atoms with E-state index in [-0.39, 0.29) is 7.43 Å². The Labute approximate surface area is 67.7 Å². The minimum atomic E-state index is 0. The molecule has 0 amide bonds. The minimum absolute atomic E-state index is 0. The van der Waals surface area contributed by atoms with Gasteiger partial charge in [-0.15, -0.1) is 32.6 Å². The predicted molar refractivity (Wildman–Crippen MR) is 55.1 cm³/mol. The monoisotopic (exact) mass is 142 g/mol. The van der Waals surface area contributed by atoms with Crippen molar-refractivity contribution < 1.29 is 0 Å². The molecule has 0 aliphatic carbocycles. The fraction of sp³-hybridized carbons (Fsp3) is 0.400. The summed E-state index contributed by atoms with van der Waals surface area (Å²) in [6.07, 6.45) is 9.75. The molecule has 62 valence electrons. The van der Waals surface area contributed by atoms with Crippen LogP contribution in [0.25, 0.3) is 0 Å². The van der Waals surface area contributed by atoms with E-state index >= 15 is 0 Å². The average molecular weight is 142 g/mol. The number of hydrogen-bond donors (Lipinski definition) is 0. The van der Waals surface area contributed by atoms with Gasteiger partial charge in [-0.1, -0.05) is 27.4 Å². The van der Waals surface area contributed by atoms with Crippen LogP contribution in [0.15, 0.2) is 25.8 Å². The first kappa shape index (κ1) is 35.8. The fourth-order valence-electron chi connectivity index (χ4n) is 0. The van der Waals surface area contributed by atoms with Crippen molar-refractivity contribution in [1.82, 2.24) is 0 Å². The summed E-state index contributed by atoms with van der Waals surface area (Å²) in [6, 6.07) is 0. The second-order valence-corrected chi connectivity index (χ2v) is 0.408. The summed E-state index contributed by atoms with van der Waals surface area (Å²) in [4.78, 5) is 0. The highest BCUT2D eigenvalue weighted by Gasteiger charge is 1.15. The van der Waals surface area contributed by atoms with E-state index in [1.165, 1.54) is 0 Å². The SMILES string of the molecule is C.C#C.C=C.C=CC.CC. The quantitative estimate of drug-likeness (QED) is 0.355. The van der Waals surface area contributed by atoms with Crippen molar-refractivity contribution in [3.8, 4) is 12.8 Å². The van der Waals surface area contributed by atoms with Gasteiger partial charge in [-0.25, -0.2) is 0 Å². The van der Waals surface area contributed by atoms with Crippen LogP contribution >= 0.6 is 0 Å². The molecular weight excluding hydrogens is 120 g/mol. The van der Waals surface area contributed by atoms with E-state index in [1.54, 1.807) is 6.08 Å². The van der Waals surface area contributed by atoms with E-state index in [4.69, 9.17) is 0 Å². The normalized spacial score (nSPS) is 2.50. The van der Waals surface area contributed by atoms with E-state index < -0.39 is 0 Å². The highest BCUT2D eigenvalue weighted by Crippen LogP contribution is 1.38. The lowest BCUT2D eigenvalue weighted by atomic mass is 10.8. The zero-order valence-corrected chi connectivity index (χ0v) is 6.85. The van der Waals surface area contributed by atoms with Gasteiger partial charge in [-0.05, 0) is 6.92 Å². The lowest BCUT2D eigenvalue weighted by Crippen LogP contribution is -1.07. The maximum absolute atomic E-state index is 4.00. The summed E-state index contributed by atoms with van der Waals surface area (Å²) in [5, 5.41) is 0. The molecule has 0 aliphatic heterocycles. The van der Waals surface area contributed by atoms with Crippen molar-refractivity contribution in [2.75, 3.05) is 0 Å². The second kappa shape index (κ2) is 249000. The first-order valence-electron chi connectivity index (χ1n) is 2.82. The molecule has 0 N–H and O–H groups in total. The van der Waals surface area contributed by atoms with E-state index in [0.717, 1.165) is 0 Å². The van der Waals surface area contributed by atoms with Crippen LogP contribution in [0.3, 0.4) is 0 Å². The Morgan fingerprint density at radius 2 is 1.10 bits per heavy atom. The molecule has 0 saturated carbocycles. The van der Waals surface area contributed by atoms with Gasteiger partial charge < -0.3 is 0 Å². The van der Waals surface area contributed by atoms with E-state index in [1.807, 2.05) is 20.8 Å². The highest BCUT2D eigenvalue weighted by molar-refractivity contribution is 4.51. The van der Waals surface area contributed by atoms with Crippen LogP contribution in [-0.4, -0.2) is 0 Å². The van der Waals surface area contributed by atoms with Gasteiger partial charge in [0, 0.05) is 0 Å². The first-order valence-corrected chi connectivity index (χ1v) is 2.82. The van der Waals surface area contributed by atoms with Crippen LogP contribution in [-0.2, 0) is 0 Å². The molecule has 0 heteroatoms. The van der Waals surface area contributed by atoms with Crippen LogP contribution < -0.4 is 0 Å². The molecule has 0 radical (unpaired) electrons. The van der Waals surface area contributed by atoms with Gasteiger partial charge in [0.05, 0.1) is 0 Å². The summed E-state index contributed by atoms with van der Waals surface area (Å²) in [7, 11) is 0. The maximum atomic E-state index is 4.00. The number of terminal acetylenes is 1. The molecule has 0 nitrogen and oxygen atoms in total. The van der Waals surface area contributed by atoms with Crippen molar-refractivity contribution >= 4 is 0 Å². The van der Waals surface area contributed by atoms with Crippen LogP contribution in [0.5, 0.6) is 0 Å². The van der Waals surface area contributed by atoms with Crippen molar-refractivity contribution in [3.05, 3.63) is 25.8 Å². The van der Waals surface area contributed by atoms with Crippen LogP contribution in [0.1, 0.15) is 28.2 Å². The fourth-order valence-corrected chi connectivity index (χ4v) is 0. The Hall–Kier alpha value is -0.960. The largest absolute Gasteiger partial charge is 0.124 e. The molecule has 0 heterocycles. The molecule has 0 aromatic carbocycles. The van der Waals surface area contributed by atoms with E-state index in [9.17, 15) is 0 Å². The van der Waals surface area contributed by atoms with Gasteiger partial charge in [0.25, 0.3) is 0 Å². The second-order valence-electron chi connectivity index (χ2n) is 0.408. The Morgan fingerprint density at radius 1 is 1.10 bits per heavy atom. The molecule has 0 aliphatic rings. The Kier molecular flexibility index (Phi) is 892000. The number of hydrogen-bond acceptors (Lipinski definition) is 0. The van der Waals surface area contributed by atoms with Crippen molar-refractivity contribution in [3.63, 3.8) is 0 Å². The number of allylic oxidation sites excluding steroid dienone is 1. The zero-order chi connectivity index (χ0) is 8.71.